The molecule has 29 heavy (non-hydrogen) atoms. The molecule has 0 radical (unpaired) electrons. The van der Waals surface area contributed by atoms with Crippen LogP contribution < -0.4 is 14.8 Å². The molecule has 0 aliphatic heterocycles. The van der Waals surface area contributed by atoms with Crippen molar-refractivity contribution in [2.45, 2.75) is 26.0 Å². The summed E-state index contributed by atoms with van der Waals surface area (Å²) in [7, 11) is 3.37. The van der Waals surface area contributed by atoms with E-state index in [4.69, 9.17) is 9.47 Å². The van der Waals surface area contributed by atoms with E-state index in [1.807, 2.05) is 25.5 Å². The van der Waals surface area contributed by atoms with Gasteiger partial charge in [-0.2, -0.15) is 0 Å². The van der Waals surface area contributed by atoms with E-state index in [0.717, 1.165) is 5.56 Å². The molecule has 6 nitrogen and oxygen atoms in total. The normalized spacial score (nSPS) is 11.9. The number of aryl methyl sites for hydroxylation is 1. The Morgan fingerprint density at radius 1 is 1.14 bits per heavy atom. The number of methoxy groups -OCH3 is 1. The van der Waals surface area contributed by atoms with Crippen LogP contribution in [0.25, 0.3) is 0 Å². The average Bonchev–Trinajstić information content (AvgIpc) is 3.12. The molecular formula is C22H24FN3O3. The summed E-state index contributed by atoms with van der Waals surface area (Å²) in [5, 5.41) is 2.98. The van der Waals surface area contributed by atoms with Gasteiger partial charge in [-0.25, -0.2) is 9.37 Å². The zero-order valence-corrected chi connectivity index (χ0v) is 16.8. The number of halogens is 1. The summed E-state index contributed by atoms with van der Waals surface area (Å²) >= 11 is 0. The van der Waals surface area contributed by atoms with Gasteiger partial charge in [-0.05, 0) is 49.7 Å². The lowest BCUT2D eigenvalue weighted by atomic mass is 10.0. The smallest absolute Gasteiger partial charge is 0.252 e. The molecule has 1 aromatic heterocycles. The number of carbonyl (C=O) groups excluding carboxylic acids is 1. The molecule has 152 valence electrons. The highest BCUT2D eigenvalue weighted by molar-refractivity contribution is 5.95. The Morgan fingerprint density at radius 2 is 1.86 bits per heavy atom. The SMILES string of the molecule is COc1cc(C(=O)NC(c2ccc(F)cc2)c2nccn2C)ccc1OC(C)C. The van der Waals surface area contributed by atoms with Crippen molar-refractivity contribution in [3.63, 3.8) is 0 Å². The number of rotatable bonds is 7. The lowest BCUT2D eigenvalue weighted by molar-refractivity contribution is 0.0940. The highest BCUT2D eigenvalue weighted by Gasteiger charge is 2.22. The third kappa shape index (κ3) is 4.74. The average molecular weight is 397 g/mol. The molecule has 1 N–H and O–H groups in total. The first kappa shape index (κ1) is 20.4. The largest absolute Gasteiger partial charge is 0.493 e. The fourth-order valence-electron chi connectivity index (χ4n) is 2.98. The molecule has 0 saturated carbocycles. The van der Waals surface area contributed by atoms with Crippen molar-refractivity contribution >= 4 is 5.91 Å². The Kier molecular flexibility index (Phi) is 6.16. The Balaban J connectivity index is 1.91. The monoisotopic (exact) mass is 397 g/mol. The second-order valence-electron chi connectivity index (χ2n) is 6.89. The van der Waals surface area contributed by atoms with Crippen molar-refractivity contribution in [1.82, 2.24) is 14.9 Å². The van der Waals surface area contributed by atoms with Gasteiger partial charge in [0.2, 0.25) is 0 Å². The van der Waals surface area contributed by atoms with Crippen molar-refractivity contribution in [3.05, 3.63) is 77.6 Å². The van der Waals surface area contributed by atoms with Gasteiger partial charge >= 0.3 is 0 Å². The first-order valence-corrected chi connectivity index (χ1v) is 9.27. The van der Waals surface area contributed by atoms with Crippen LogP contribution >= 0.6 is 0 Å². The van der Waals surface area contributed by atoms with E-state index in [1.54, 1.807) is 42.7 Å². The van der Waals surface area contributed by atoms with Crippen molar-refractivity contribution in [2.24, 2.45) is 7.05 Å². The van der Waals surface area contributed by atoms with Gasteiger partial charge < -0.3 is 19.4 Å². The summed E-state index contributed by atoms with van der Waals surface area (Å²) in [5.41, 5.74) is 1.14. The van der Waals surface area contributed by atoms with E-state index >= 15 is 0 Å². The van der Waals surface area contributed by atoms with Gasteiger partial charge in [-0.15, -0.1) is 0 Å². The fraction of sp³-hybridized carbons (Fsp3) is 0.273. The quantitative estimate of drug-likeness (QED) is 0.657. The minimum atomic E-state index is -0.541. The standard InChI is InChI=1S/C22H24FN3O3/c1-14(2)29-18-10-7-16(13-19(18)28-4)22(27)25-20(21-24-11-12-26(21)3)15-5-8-17(23)9-6-15/h5-14,20H,1-4H3,(H,25,27). The summed E-state index contributed by atoms with van der Waals surface area (Å²) in [6.45, 7) is 3.83. The predicted molar refractivity (Wildman–Crippen MR) is 108 cm³/mol. The summed E-state index contributed by atoms with van der Waals surface area (Å²) in [6, 6.07) is 10.5. The van der Waals surface area contributed by atoms with Crippen molar-refractivity contribution in [3.8, 4) is 11.5 Å². The number of benzene rings is 2. The molecule has 1 atom stereocenters. The van der Waals surface area contributed by atoms with Gasteiger partial charge in [-0.3, -0.25) is 4.79 Å². The van der Waals surface area contributed by atoms with Crippen LogP contribution in [-0.4, -0.2) is 28.7 Å². The first-order chi connectivity index (χ1) is 13.9. The third-order valence-electron chi connectivity index (χ3n) is 4.38. The number of amides is 1. The predicted octanol–water partition coefficient (Wildman–Crippen LogP) is 3.87. The van der Waals surface area contributed by atoms with Gasteiger partial charge in [0.15, 0.2) is 11.5 Å². The number of nitrogens with one attached hydrogen (secondary N) is 1. The zero-order chi connectivity index (χ0) is 21.0. The van der Waals surface area contributed by atoms with Crippen LogP contribution in [0.4, 0.5) is 4.39 Å². The molecule has 1 unspecified atom stereocenters. The van der Waals surface area contributed by atoms with Crippen LogP contribution in [0.1, 0.15) is 41.6 Å². The Morgan fingerprint density at radius 3 is 2.45 bits per heavy atom. The Labute approximate surface area is 169 Å². The van der Waals surface area contributed by atoms with E-state index in [0.29, 0.717) is 22.9 Å². The molecule has 1 heterocycles. The molecule has 7 heteroatoms. The van der Waals surface area contributed by atoms with E-state index in [-0.39, 0.29) is 17.8 Å². The number of ether oxygens (including phenoxy) is 2. The fourth-order valence-corrected chi connectivity index (χ4v) is 2.98. The molecule has 1 amide bonds. The lowest BCUT2D eigenvalue weighted by Gasteiger charge is -2.20. The molecular weight excluding hydrogens is 373 g/mol. The van der Waals surface area contributed by atoms with Gasteiger partial charge in [0.05, 0.1) is 13.2 Å². The number of hydrogen-bond donors (Lipinski definition) is 1. The van der Waals surface area contributed by atoms with Crippen LogP contribution in [0.2, 0.25) is 0 Å². The Bertz CT molecular complexity index is 983. The molecule has 3 rings (SSSR count). The van der Waals surface area contributed by atoms with E-state index in [1.165, 1.54) is 19.2 Å². The molecule has 0 spiro atoms. The summed E-state index contributed by atoms with van der Waals surface area (Å²) in [6.07, 6.45) is 3.42. The molecule has 0 bridgehead atoms. The lowest BCUT2D eigenvalue weighted by Crippen LogP contribution is -2.31. The minimum Gasteiger partial charge on any atom is -0.493 e. The minimum absolute atomic E-state index is 0.0187. The van der Waals surface area contributed by atoms with Crippen molar-refractivity contribution in [2.75, 3.05) is 7.11 Å². The molecule has 0 fully saturated rings. The van der Waals surface area contributed by atoms with Crippen LogP contribution in [0.3, 0.4) is 0 Å². The van der Waals surface area contributed by atoms with E-state index in [9.17, 15) is 9.18 Å². The number of imidazole rings is 1. The third-order valence-corrected chi connectivity index (χ3v) is 4.38. The summed E-state index contributed by atoms with van der Waals surface area (Å²) < 4.78 is 26.3. The number of hydrogen-bond acceptors (Lipinski definition) is 4. The van der Waals surface area contributed by atoms with Gasteiger partial charge in [0.1, 0.15) is 17.7 Å². The summed E-state index contributed by atoms with van der Waals surface area (Å²) in [4.78, 5) is 17.3. The molecule has 0 aliphatic carbocycles. The molecule has 3 aromatic rings. The van der Waals surface area contributed by atoms with Crippen LogP contribution in [0, 0.1) is 5.82 Å². The zero-order valence-electron chi connectivity index (χ0n) is 16.8. The van der Waals surface area contributed by atoms with Gasteiger partial charge in [-0.1, -0.05) is 12.1 Å². The highest BCUT2D eigenvalue weighted by atomic mass is 19.1. The molecule has 0 saturated heterocycles. The van der Waals surface area contributed by atoms with Crippen LogP contribution in [0.15, 0.2) is 54.9 Å². The van der Waals surface area contributed by atoms with Crippen LogP contribution in [0.5, 0.6) is 11.5 Å². The van der Waals surface area contributed by atoms with Gasteiger partial charge in [0.25, 0.3) is 5.91 Å². The first-order valence-electron chi connectivity index (χ1n) is 9.27. The maximum atomic E-state index is 13.4. The van der Waals surface area contributed by atoms with E-state index in [2.05, 4.69) is 10.3 Å². The second kappa shape index (κ2) is 8.77. The Hall–Kier alpha value is -3.35. The van der Waals surface area contributed by atoms with Crippen LogP contribution in [-0.2, 0) is 7.05 Å². The van der Waals surface area contributed by atoms with E-state index < -0.39 is 6.04 Å². The summed E-state index contributed by atoms with van der Waals surface area (Å²) in [5.74, 6) is 1.03. The number of aromatic nitrogens is 2. The maximum Gasteiger partial charge on any atom is 0.252 e. The molecule has 2 aromatic carbocycles. The molecule has 0 aliphatic rings. The van der Waals surface area contributed by atoms with Crippen molar-refractivity contribution in [1.29, 1.82) is 0 Å². The maximum absolute atomic E-state index is 13.4. The number of nitrogens with zero attached hydrogens (tertiary/aromatic N) is 2. The van der Waals surface area contributed by atoms with Gasteiger partial charge in [0, 0.05) is 25.0 Å². The topological polar surface area (TPSA) is 65.4 Å². The highest BCUT2D eigenvalue weighted by Crippen LogP contribution is 2.29. The second-order valence-corrected chi connectivity index (χ2v) is 6.89. The number of carbonyl (C=O) groups is 1. The van der Waals surface area contributed by atoms with Crippen molar-refractivity contribution < 1.29 is 18.7 Å².